The minimum Gasteiger partial charge on any atom is -0.504 e. The number of nitrogens with one attached hydrogen (secondary N) is 3. The average molecular weight is 764 g/mol. The van der Waals surface area contributed by atoms with Gasteiger partial charge in [-0.15, -0.1) is 11.8 Å². The first-order valence-electron chi connectivity index (χ1n) is 18.7. The molecule has 55 heavy (non-hydrogen) atoms. The number of aryl methyl sites for hydroxylation is 2. The number of fused-ring (bicyclic) bond motifs is 11. The lowest BCUT2D eigenvalue weighted by molar-refractivity contribution is -0.155. The highest BCUT2D eigenvalue weighted by Gasteiger charge is 2.60. The van der Waals surface area contributed by atoms with E-state index in [9.17, 15) is 20.0 Å². The number of hydrogen-bond donors (Lipinski definition) is 4. The van der Waals surface area contributed by atoms with Crippen LogP contribution in [0.1, 0.15) is 74.5 Å². The molecule has 7 aliphatic rings. The molecular formula is C41H41N5O8S. The van der Waals surface area contributed by atoms with Crippen molar-refractivity contribution in [3.63, 3.8) is 0 Å². The number of hydrogen-bond acceptors (Lipinski definition) is 13. The largest absolute Gasteiger partial charge is 0.504 e. The first-order chi connectivity index (χ1) is 26.6. The SMILES string of the molecule is COc1c(C)cc2c(c1O)[C@@H]1N[C@@H](C2)[C@H](C#N)N2C1[C@@H]1SC[C@]3(NCCc4c3[nH]c3ccc(C)cc43)C(=O)OC[C@@H]2c2c3c(c(C)c(OC(C)=O)c21)OCO3. The maximum Gasteiger partial charge on any atom is 0.333 e. The van der Waals surface area contributed by atoms with Gasteiger partial charge >= 0.3 is 11.9 Å². The summed E-state index contributed by atoms with van der Waals surface area (Å²) in [5, 5.41) is 31.0. The van der Waals surface area contributed by atoms with Crippen molar-refractivity contribution in [2.75, 3.05) is 32.8 Å². The molecule has 0 radical (unpaired) electrons. The second kappa shape index (κ2) is 12.3. The zero-order valence-electron chi connectivity index (χ0n) is 31.1. The van der Waals surface area contributed by atoms with E-state index < -0.39 is 46.9 Å². The molecule has 4 aromatic rings. The van der Waals surface area contributed by atoms with Crippen molar-refractivity contribution in [2.45, 2.75) is 81.5 Å². The van der Waals surface area contributed by atoms with Gasteiger partial charge in [-0.2, -0.15) is 5.26 Å². The molecule has 0 aliphatic carbocycles. The minimum atomic E-state index is -1.24. The lowest BCUT2D eigenvalue weighted by Gasteiger charge is -2.59. The number of aromatic nitrogens is 1. The molecule has 2 fully saturated rings. The Labute approximate surface area is 321 Å². The molecule has 0 saturated carbocycles. The molecule has 284 valence electrons. The summed E-state index contributed by atoms with van der Waals surface area (Å²) >= 11 is 1.54. The number of esters is 2. The number of aromatic hydroxyl groups is 1. The van der Waals surface area contributed by atoms with Crippen LogP contribution in [0.15, 0.2) is 24.3 Å². The molecule has 8 heterocycles. The predicted octanol–water partition coefficient (Wildman–Crippen LogP) is 4.72. The monoisotopic (exact) mass is 763 g/mol. The fraction of sp³-hybridized carbons (Fsp3) is 0.439. The Balaban J connectivity index is 1.24. The number of phenols is 1. The van der Waals surface area contributed by atoms with Crippen LogP contribution in [0, 0.1) is 32.1 Å². The van der Waals surface area contributed by atoms with Gasteiger partial charge < -0.3 is 39.1 Å². The number of carbonyl (C=O) groups excluding carboxylic acids is 2. The molecule has 1 spiro atoms. The lowest BCUT2D eigenvalue weighted by atomic mass is 9.72. The summed E-state index contributed by atoms with van der Waals surface area (Å²) in [6.45, 7) is 7.60. The molecule has 7 atom stereocenters. The van der Waals surface area contributed by atoms with E-state index in [0.717, 1.165) is 50.8 Å². The van der Waals surface area contributed by atoms with Crippen molar-refractivity contribution in [1.82, 2.24) is 20.5 Å². The third-order valence-electron chi connectivity index (χ3n) is 12.5. The standard InChI is InChI=1S/C41H41N5O8S/c1-17-6-7-24-23(10-17)22-8-9-43-41(39(22)45-24)15-55-38-30-29(37-36(52-16-53-37)19(3)35(30)54-20(4)47)27(14-51-40(41)49)46-26(13-42)25-12-21-11-18(2)34(50-5)33(48)28(21)31(44-25)32(38)46/h6-7,10-11,25-27,31-32,38,43-45,48H,8-9,12,14-16H2,1-5H3/t25-,26-,27+,31-,32?,38+,41+/m0/s1. The zero-order chi connectivity index (χ0) is 38.1. The van der Waals surface area contributed by atoms with Crippen molar-refractivity contribution < 1.29 is 38.4 Å². The molecule has 3 aromatic carbocycles. The van der Waals surface area contributed by atoms with Crippen LogP contribution in [0.5, 0.6) is 28.7 Å². The number of thioether (sulfide) groups is 1. The first-order valence-corrected chi connectivity index (χ1v) is 19.7. The summed E-state index contributed by atoms with van der Waals surface area (Å²) in [5.74, 6) is 1.10. The minimum absolute atomic E-state index is 0.0373. The van der Waals surface area contributed by atoms with Gasteiger partial charge in [-0.1, -0.05) is 17.7 Å². The second-order valence-corrected chi connectivity index (χ2v) is 16.6. The highest BCUT2D eigenvalue weighted by molar-refractivity contribution is 7.99. The van der Waals surface area contributed by atoms with Gasteiger partial charge in [0.25, 0.3) is 0 Å². The van der Waals surface area contributed by atoms with E-state index in [4.69, 9.17) is 23.7 Å². The normalized spacial score (nSPS) is 28.8. The predicted molar refractivity (Wildman–Crippen MR) is 202 cm³/mol. The van der Waals surface area contributed by atoms with Crippen LogP contribution in [0.3, 0.4) is 0 Å². The fourth-order valence-electron chi connectivity index (χ4n) is 10.4. The number of piperazine rings is 1. The third-order valence-corrected chi connectivity index (χ3v) is 14.0. The molecule has 4 N–H and O–H groups in total. The van der Waals surface area contributed by atoms with E-state index >= 15 is 0 Å². The van der Waals surface area contributed by atoms with Gasteiger partial charge in [0.15, 0.2) is 28.5 Å². The Morgan fingerprint density at radius 1 is 1.11 bits per heavy atom. The van der Waals surface area contributed by atoms with Crippen LogP contribution in [0.2, 0.25) is 0 Å². The maximum atomic E-state index is 14.8. The number of benzene rings is 3. The van der Waals surface area contributed by atoms with Crippen LogP contribution in [0.25, 0.3) is 10.9 Å². The topological polar surface area (TPSA) is 167 Å². The summed E-state index contributed by atoms with van der Waals surface area (Å²) in [7, 11) is 1.55. The van der Waals surface area contributed by atoms with Gasteiger partial charge in [0.2, 0.25) is 6.79 Å². The second-order valence-electron chi connectivity index (χ2n) is 15.5. The molecule has 1 unspecified atom stereocenters. The van der Waals surface area contributed by atoms with Gasteiger partial charge in [0.05, 0.1) is 36.2 Å². The fourth-order valence-corrected chi connectivity index (χ4v) is 12.1. The molecule has 0 amide bonds. The summed E-state index contributed by atoms with van der Waals surface area (Å²) in [6, 6.07) is 8.25. The van der Waals surface area contributed by atoms with Crippen LogP contribution in [-0.4, -0.2) is 77.9 Å². The summed E-state index contributed by atoms with van der Waals surface area (Å²) in [5.41, 5.74) is 7.18. The van der Waals surface area contributed by atoms with Gasteiger partial charge in [-0.25, -0.2) is 4.79 Å². The Kier molecular flexibility index (Phi) is 7.71. The van der Waals surface area contributed by atoms with Gasteiger partial charge in [0.1, 0.15) is 18.4 Å². The van der Waals surface area contributed by atoms with Crippen LogP contribution in [-0.2, 0) is 32.7 Å². The molecule has 14 heteroatoms. The van der Waals surface area contributed by atoms with E-state index in [2.05, 4.69) is 51.7 Å². The number of ether oxygens (including phenoxy) is 5. The van der Waals surface area contributed by atoms with E-state index in [0.29, 0.717) is 52.7 Å². The van der Waals surface area contributed by atoms with E-state index in [1.807, 2.05) is 19.9 Å². The number of rotatable bonds is 2. The number of H-pyrrole nitrogens is 1. The van der Waals surface area contributed by atoms with Crippen molar-refractivity contribution >= 4 is 34.6 Å². The maximum absolute atomic E-state index is 14.8. The summed E-state index contributed by atoms with van der Waals surface area (Å²) in [4.78, 5) is 33.5. The molecular weight excluding hydrogens is 723 g/mol. The first kappa shape index (κ1) is 34.5. The Morgan fingerprint density at radius 3 is 2.71 bits per heavy atom. The third kappa shape index (κ3) is 4.70. The average Bonchev–Trinajstić information content (AvgIpc) is 3.80. The number of nitriles is 1. The van der Waals surface area contributed by atoms with Crippen molar-refractivity contribution in [3.8, 4) is 34.8 Å². The van der Waals surface area contributed by atoms with E-state index in [1.165, 1.54) is 6.92 Å². The number of phenolic OH excluding ortho intramolecular Hbond substituents is 1. The zero-order valence-corrected chi connectivity index (χ0v) is 31.9. The molecule has 2 saturated heterocycles. The number of carbonyl (C=O) groups is 2. The highest BCUT2D eigenvalue weighted by Crippen LogP contribution is 2.63. The Morgan fingerprint density at radius 2 is 1.93 bits per heavy atom. The van der Waals surface area contributed by atoms with Crippen LogP contribution in [0.4, 0.5) is 0 Å². The Bertz CT molecular complexity index is 2410. The van der Waals surface area contributed by atoms with Crippen molar-refractivity contribution in [3.05, 3.63) is 74.5 Å². The lowest BCUT2D eigenvalue weighted by Crippen LogP contribution is -2.69. The van der Waals surface area contributed by atoms with Crippen LogP contribution >= 0.6 is 11.8 Å². The number of aromatic amines is 1. The van der Waals surface area contributed by atoms with Gasteiger partial charge in [-0.05, 0) is 62.4 Å². The highest BCUT2D eigenvalue weighted by atomic mass is 32.2. The van der Waals surface area contributed by atoms with Crippen molar-refractivity contribution in [2.24, 2.45) is 0 Å². The van der Waals surface area contributed by atoms with Crippen molar-refractivity contribution in [1.29, 1.82) is 5.26 Å². The molecule has 1 aromatic heterocycles. The van der Waals surface area contributed by atoms with Gasteiger partial charge in [0, 0.05) is 64.5 Å². The molecule has 11 rings (SSSR count). The molecule has 13 nitrogen and oxygen atoms in total. The van der Waals surface area contributed by atoms with Gasteiger partial charge in [-0.3, -0.25) is 15.0 Å². The molecule has 7 aliphatic heterocycles. The smallest absolute Gasteiger partial charge is 0.333 e. The summed E-state index contributed by atoms with van der Waals surface area (Å²) in [6.07, 6.45) is 1.22. The number of nitrogens with zero attached hydrogens (tertiary/aromatic N) is 2. The summed E-state index contributed by atoms with van der Waals surface area (Å²) < 4.78 is 30.6. The van der Waals surface area contributed by atoms with E-state index in [-0.39, 0.29) is 30.9 Å². The molecule has 4 bridgehead atoms. The Hall–Kier alpha value is -4.94. The van der Waals surface area contributed by atoms with Crippen LogP contribution < -0.4 is 29.6 Å². The van der Waals surface area contributed by atoms with E-state index in [1.54, 1.807) is 18.9 Å². The number of methoxy groups -OCH3 is 1. The quantitative estimate of drug-likeness (QED) is 0.164.